The van der Waals surface area contributed by atoms with E-state index in [1.807, 2.05) is 0 Å². The van der Waals surface area contributed by atoms with Crippen LogP contribution in [0.5, 0.6) is 0 Å². The molecule has 2 rings (SSSR count). The molecule has 2 nitrogen and oxygen atoms in total. The molecule has 0 aromatic heterocycles. The first-order chi connectivity index (χ1) is 11.3. The normalized spacial score (nSPS) is 16.4. The van der Waals surface area contributed by atoms with Gasteiger partial charge in [0.1, 0.15) is 6.56 Å². The lowest BCUT2D eigenvalue weighted by molar-refractivity contribution is -0.233. The van der Waals surface area contributed by atoms with Gasteiger partial charge in [-0.25, -0.2) is 4.89 Å². The predicted molar refractivity (Wildman–Crippen MR) is 73.2 cm³/mol. The molecule has 0 atom stereocenters. The van der Waals surface area contributed by atoms with Gasteiger partial charge >= 0.3 is 0 Å². The summed E-state index contributed by atoms with van der Waals surface area (Å²) in [6, 6.07) is 17.2. The molecule has 2 heteroatoms. The highest BCUT2D eigenvalue weighted by molar-refractivity contribution is 5.81. The Morgan fingerprint density at radius 1 is 1.11 bits per heavy atom. The second-order valence-electron chi connectivity index (χ2n) is 3.67. The van der Waals surface area contributed by atoms with Gasteiger partial charge in [0.25, 0.3) is 1.43 Å². The number of benzene rings is 2. The van der Waals surface area contributed by atoms with Crippen molar-refractivity contribution in [1.82, 2.24) is 0 Å². The third-order valence-electron chi connectivity index (χ3n) is 2.52. The first-order valence-corrected chi connectivity index (χ1v) is 5.44. The van der Waals surface area contributed by atoms with Crippen LogP contribution in [0.4, 0.5) is 0 Å². The van der Waals surface area contributed by atoms with Gasteiger partial charge in [0.05, 0.1) is 2.74 Å². The number of rotatable bonds is 5. The second kappa shape index (κ2) is 6.15. The minimum absolute atomic E-state index is 0.179. The van der Waals surface area contributed by atoms with Gasteiger partial charge in [-0.15, -0.1) is 0 Å². The van der Waals surface area contributed by atoms with Gasteiger partial charge in [0, 0.05) is 4.11 Å². The van der Waals surface area contributed by atoms with Crippen LogP contribution in [0.25, 0.3) is 7.00 Å². The number of hydrogen-bond acceptors (Lipinski definition) is 2. The van der Waals surface area contributed by atoms with E-state index in [1.165, 1.54) is 0 Å². The summed E-state index contributed by atoms with van der Waals surface area (Å²) in [5, 5.41) is 3.70. The molecule has 1 N–H and O–H groups in total. The molecule has 0 amide bonds. The van der Waals surface area contributed by atoms with Crippen molar-refractivity contribution in [1.29, 1.82) is 1.43 Å². The third-order valence-corrected chi connectivity index (χ3v) is 2.52. The van der Waals surface area contributed by atoms with Crippen LogP contribution in [0, 0.1) is 0 Å². The van der Waals surface area contributed by atoms with Crippen LogP contribution in [0.15, 0.2) is 66.2 Å². The van der Waals surface area contributed by atoms with Gasteiger partial charge in [0.15, 0.2) is 0 Å². The van der Waals surface area contributed by atoms with E-state index >= 15 is 0 Å². The maximum absolute atomic E-state index is 7.95. The van der Waals surface area contributed by atoms with E-state index in [1.54, 1.807) is 60.7 Å². The second-order valence-corrected chi connectivity index (χ2v) is 3.67. The van der Waals surface area contributed by atoms with Gasteiger partial charge in [0.2, 0.25) is 0 Å². The minimum Gasteiger partial charge on any atom is -0.251 e. The van der Waals surface area contributed by atoms with Crippen LogP contribution in [0.2, 0.25) is 0 Å². The van der Waals surface area contributed by atoms with Crippen LogP contribution >= 0.6 is 0 Å². The summed E-state index contributed by atoms with van der Waals surface area (Å²) in [7, 11) is 0. The van der Waals surface area contributed by atoms with E-state index in [0.29, 0.717) is 11.1 Å². The summed E-state index contributed by atoms with van der Waals surface area (Å²) in [6.07, 6.45) is 0. The van der Waals surface area contributed by atoms with E-state index in [9.17, 15) is 0 Å². The van der Waals surface area contributed by atoms with E-state index in [2.05, 4.69) is 10.1 Å². The topological polar surface area (TPSA) is 29.5 Å². The lowest BCUT2D eigenvalue weighted by atomic mass is 9.94. The molecule has 0 radical (unpaired) electrons. The zero-order valence-electron chi connectivity index (χ0n) is 15.6. The molecule has 0 spiro atoms. The summed E-state index contributed by atoms with van der Waals surface area (Å²) in [5.41, 5.74) is 0.637. The Morgan fingerprint density at radius 3 is 2.11 bits per heavy atom. The smallest absolute Gasteiger partial charge is 0.251 e. The van der Waals surface area contributed by atoms with Crippen molar-refractivity contribution in [3.05, 3.63) is 77.4 Å². The Balaban J connectivity index is 2.84. The highest BCUT2D eigenvalue weighted by Crippen LogP contribution is 2.26. The summed E-state index contributed by atoms with van der Waals surface area (Å²) >= 11 is 0. The van der Waals surface area contributed by atoms with E-state index in [-0.39, 0.29) is 5.57 Å². The first-order valence-electron chi connectivity index (χ1n) is 8.35. The molecular weight excluding hydrogens is 224 g/mol. The average Bonchev–Trinajstić information content (AvgIpc) is 2.52. The largest absolute Gasteiger partial charge is 0.255 e. The Labute approximate surface area is 116 Å². The molecule has 0 unspecified atom stereocenters. The molecule has 0 fully saturated rings. The highest BCUT2D eigenvalue weighted by Gasteiger charge is 2.08. The fourth-order valence-electron chi connectivity index (χ4n) is 1.76. The standard InChI is InChI=1S/C16H16O2/c1-13(12-18-17)16(14-8-4-2-5-9-14)15-10-6-3-7-11-15/h2-11,17H,12H2,1H3/i1D3,12D2/hD. The quantitative estimate of drug-likeness (QED) is 0.638. The maximum Gasteiger partial charge on any atom is 0.255 e. The molecule has 0 heterocycles. The van der Waals surface area contributed by atoms with Crippen molar-refractivity contribution in [2.45, 2.75) is 6.85 Å². The molecular formula is C16H16O2. The summed E-state index contributed by atoms with van der Waals surface area (Å²) in [5.74, 6) is 0. The van der Waals surface area contributed by atoms with Gasteiger partial charge in [-0.1, -0.05) is 60.7 Å². The zero-order chi connectivity index (χ0) is 17.8. The average molecular weight is 246 g/mol. The van der Waals surface area contributed by atoms with E-state index in [0.717, 1.165) is 0 Å². The van der Waals surface area contributed by atoms with Crippen LogP contribution in [-0.4, -0.2) is 11.8 Å². The monoisotopic (exact) mass is 246 g/mol. The molecule has 92 valence electrons. The summed E-state index contributed by atoms with van der Waals surface area (Å²) in [6.45, 7) is -5.61. The number of hydrogen-bond donors (Lipinski definition) is 1. The Bertz CT molecular complexity index is 654. The van der Waals surface area contributed by atoms with Crippen molar-refractivity contribution < 1.29 is 17.0 Å². The fourth-order valence-corrected chi connectivity index (χ4v) is 1.76. The van der Waals surface area contributed by atoms with Crippen LogP contribution in [-0.2, 0) is 4.89 Å². The van der Waals surface area contributed by atoms with Crippen molar-refractivity contribution in [3.63, 3.8) is 0 Å². The van der Waals surface area contributed by atoms with Crippen molar-refractivity contribution in [2.75, 3.05) is 6.56 Å². The lowest BCUT2D eigenvalue weighted by Gasteiger charge is -2.12. The molecule has 18 heavy (non-hydrogen) atoms. The van der Waals surface area contributed by atoms with Gasteiger partial charge in [-0.05, 0) is 29.1 Å². The van der Waals surface area contributed by atoms with Crippen molar-refractivity contribution in [3.8, 4) is 0 Å². The highest BCUT2D eigenvalue weighted by atomic mass is 17.1. The Hall–Kier alpha value is -1.90. The lowest BCUT2D eigenvalue weighted by Crippen LogP contribution is -1.98. The van der Waals surface area contributed by atoms with Gasteiger partial charge < -0.3 is 0 Å². The molecule has 2 aromatic carbocycles. The molecule has 0 aliphatic rings. The predicted octanol–water partition coefficient (Wildman–Crippen LogP) is 4.00. The van der Waals surface area contributed by atoms with Crippen LogP contribution < -0.4 is 0 Å². The first kappa shape index (κ1) is 6.88. The summed E-state index contributed by atoms with van der Waals surface area (Å²) < 4.78 is 45.9. The SMILES string of the molecule is [2H]OOC([2H])([2H])C(=C(c1ccccc1)c1ccccc1)C([2H])([2H])[2H]. The summed E-state index contributed by atoms with van der Waals surface area (Å²) in [4.78, 5) is 4.32. The fraction of sp³-hybridized carbons (Fsp3) is 0.125. The molecule has 0 saturated carbocycles. The Morgan fingerprint density at radius 2 is 1.67 bits per heavy atom. The van der Waals surface area contributed by atoms with Crippen LogP contribution in [0.3, 0.4) is 0 Å². The molecule has 0 aliphatic carbocycles. The van der Waals surface area contributed by atoms with E-state index < -0.39 is 19.0 Å². The minimum atomic E-state index is -2.81. The van der Waals surface area contributed by atoms with Gasteiger partial charge in [-0.3, -0.25) is 5.26 Å². The molecule has 2 aromatic rings. The van der Waals surface area contributed by atoms with Crippen LogP contribution in [0.1, 0.15) is 24.8 Å². The Kier molecular flexibility index (Phi) is 2.35. The van der Waals surface area contributed by atoms with Crippen molar-refractivity contribution >= 4 is 5.57 Å². The molecule has 0 aliphatic heterocycles. The zero-order valence-corrected chi connectivity index (χ0v) is 9.59. The molecule has 0 saturated heterocycles. The maximum atomic E-state index is 7.95. The van der Waals surface area contributed by atoms with Gasteiger partial charge in [-0.2, -0.15) is 0 Å². The van der Waals surface area contributed by atoms with Crippen molar-refractivity contribution in [2.24, 2.45) is 0 Å². The van der Waals surface area contributed by atoms with E-state index in [4.69, 9.17) is 8.28 Å². The molecule has 0 bridgehead atoms. The third kappa shape index (κ3) is 2.86.